The molecule has 3 nitrogen and oxygen atoms in total. The van der Waals surface area contributed by atoms with Crippen molar-refractivity contribution in [2.75, 3.05) is 19.6 Å². The molecule has 2 N–H and O–H groups in total. The van der Waals surface area contributed by atoms with E-state index in [2.05, 4.69) is 45.6 Å². The highest BCUT2D eigenvalue weighted by atomic mass is 79.9. The van der Waals surface area contributed by atoms with Crippen LogP contribution in [0.3, 0.4) is 0 Å². The standard InChI is InChI=1S/C13H17BrN2O/c1-9-2-3-12(14)6-10(9)4-5-16-13(17)11-7-15-8-11/h2-3,6,11,15H,4-5,7-8H2,1H3,(H,16,17). The maximum absolute atomic E-state index is 11.6. The van der Waals surface area contributed by atoms with Crippen molar-refractivity contribution < 1.29 is 4.79 Å². The third kappa shape index (κ3) is 3.30. The lowest BCUT2D eigenvalue weighted by molar-refractivity contribution is -0.126. The molecule has 1 fully saturated rings. The fourth-order valence-electron chi connectivity index (χ4n) is 1.85. The largest absolute Gasteiger partial charge is 0.355 e. The lowest BCUT2D eigenvalue weighted by Gasteiger charge is -2.25. The van der Waals surface area contributed by atoms with E-state index in [-0.39, 0.29) is 11.8 Å². The maximum Gasteiger partial charge on any atom is 0.225 e. The van der Waals surface area contributed by atoms with E-state index >= 15 is 0 Å². The number of halogens is 1. The first-order valence-corrected chi connectivity index (χ1v) is 6.69. The summed E-state index contributed by atoms with van der Waals surface area (Å²) in [6.45, 7) is 4.45. The maximum atomic E-state index is 11.6. The molecule has 2 rings (SSSR count). The van der Waals surface area contributed by atoms with E-state index in [4.69, 9.17) is 0 Å². The molecule has 92 valence electrons. The van der Waals surface area contributed by atoms with Gasteiger partial charge in [0.25, 0.3) is 0 Å². The van der Waals surface area contributed by atoms with Gasteiger partial charge < -0.3 is 10.6 Å². The van der Waals surface area contributed by atoms with E-state index < -0.39 is 0 Å². The summed E-state index contributed by atoms with van der Waals surface area (Å²) >= 11 is 3.47. The van der Waals surface area contributed by atoms with Crippen molar-refractivity contribution in [1.29, 1.82) is 0 Å². The molecule has 0 saturated carbocycles. The summed E-state index contributed by atoms with van der Waals surface area (Å²) in [6, 6.07) is 6.25. The van der Waals surface area contributed by atoms with Crippen molar-refractivity contribution >= 4 is 21.8 Å². The fraction of sp³-hybridized carbons (Fsp3) is 0.462. The summed E-state index contributed by atoms with van der Waals surface area (Å²) in [4.78, 5) is 11.6. The Morgan fingerprint density at radius 3 is 2.94 bits per heavy atom. The van der Waals surface area contributed by atoms with Gasteiger partial charge in [0.05, 0.1) is 5.92 Å². The van der Waals surface area contributed by atoms with Crippen LogP contribution < -0.4 is 10.6 Å². The van der Waals surface area contributed by atoms with Crippen molar-refractivity contribution in [1.82, 2.24) is 10.6 Å². The third-order valence-electron chi connectivity index (χ3n) is 3.16. The average molecular weight is 297 g/mol. The van der Waals surface area contributed by atoms with Crippen LogP contribution in [0.25, 0.3) is 0 Å². The lowest BCUT2D eigenvalue weighted by Crippen LogP contribution is -2.51. The van der Waals surface area contributed by atoms with Crippen LogP contribution in [0.1, 0.15) is 11.1 Å². The van der Waals surface area contributed by atoms with Gasteiger partial charge in [-0.3, -0.25) is 4.79 Å². The number of hydrogen-bond acceptors (Lipinski definition) is 2. The molecule has 1 amide bonds. The first kappa shape index (κ1) is 12.6. The summed E-state index contributed by atoms with van der Waals surface area (Å²) in [5.41, 5.74) is 2.55. The van der Waals surface area contributed by atoms with Crippen LogP contribution in [-0.4, -0.2) is 25.5 Å². The van der Waals surface area contributed by atoms with Gasteiger partial charge in [0.1, 0.15) is 0 Å². The van der Waals surface area contributed by atoms with Gasteiger partial charge in [0.15, 0.2) is 0 Å². The van der Waals surface area contributed by atoms with Gasteiger partial charge in [-0.15, -0.1) is 0 Å². The molecule has 0 bridgehead atoms. The van der Waals surface area contributed by atoms with E-state index in [1.54, 1.807) is 0 Å². The molecule has 1 heterocycles. The molecule has 4 heteroatoms. The molecule has 1 aliphatic heterocycles. The summed E-state index contributed by atoms with van der Waals surface area (Å²) in [5.74, 6) is 0.356. The number of nitrogens with one attached hydrogen (secondary N) is 2. The molecule has 0 atom stereocenters. The summed E-state index contributed by atoms with van der Waals surface area (Å²) < 4.78 is 1.09. The minimum atomic E-state index is 0.177. The summed E-state index contributed by atoms with van der Waals surface area (Å²) in [7, 11) is 0. The Bertz CT molecular complexity index is 416. The van der Waals surface area contributed by atoms with Crippen molar-refractivity contribution in [3.8, 4) is 0 Å². The Balaban J connectivity index is 1.81. The summed E-state index contributed by atoms with van der Waals surface area (Å²) in [6.07, 6.45) is 0.886. The van der Waals surface area contributed by atoms with Gasteiger partial charge in [-0.25, -0.2) is 0 Å². The van der Waals surface area contributed by atoms with Gasteiger partial charge in [-0.2, -0.15) is 0 Å². The zero-order chi connectivity index (χ0) is 12.3. The van der Waals surface area contributed by atoms with Crippen LogP contribution in [-0.2, 0) is 11.2 Å². The predicted octanol–water partition coefficient (Wildman–Crippen LogP) is 1.64. The van der Waals surface area contributed by atoms with Crippen LogP contribution in [0.2, 0.25) is 0 Å². The molecule has 0 spiro atoms. The van der Waals surface area contributed by atoms with Crippen molar-refractivity contribution in [3.05, 3.63) is 33.8 Å². The number of carbonyl (C=O) groups excluding carboxylic acids is 1. The van der Waals surface area contributed by atoms with Gasteiger partial charge in [0, 0.05) is 24.1 Å². The molecule has 0 radical (unpaired) electrons. The minimum absolute atomic E-state index is 0.177. The van der Waals surface area contributed by atoms with E-state index in [1.807, 2.05) is 6.07 Å². The quantitative estimate of drug-likeness (QED) is 0.887. The van der Waals surface area contributed by atoms with Crippen LogP contribution in [0.5, 0.6) is 0 Å². The molecule has 0 aliphatic carbocycles. The molecule has 1 aromatic carbocycles. The van der Waals surface area contributed by atoms with Crippen molar-refractivity contribution in [2.24, 2.45) is 5.92 Å². The first-order valence-electron chi connectivity index (χ1n) is 5.90. The molecule has 17 heavy (non-hydrogen) atoms. The number of carbonyl (C=O) groups is 1. The van der Waals surface area contributed by atoms with Crippen molar-refractivity contribution in [3.63, 3.8) is 0 Å². The number of rotatable bonds is 4. The van der Waals surface area contributed by atoms with Crippen LogP contribution in [0.15, 0.2) is 22.7 Å². The smallest absolute Gasteiger partial charge is 0.225 e. The molecule has 1 aliphatic rings. The Labute approximate surface area is 110 Å². The second kappa shape index (κ2) is 5.65. The zero-order valence-electron chi connectivity index (χ0n) is 9.92. The Kier molecular flexibility index (Phi) is 4.18. The highest BCUT2D eigenvalue weighted by molar-refractivity contribution is 9.10. The minimum Gasteiger partial charge on any atom is -0.355 e. The molecular formula is C13H17BrN2O. The average Bonchev–Trinajstić information content (AvgIpc) is 2.20. The SMILES string of the molecule is Cc1ccc(Br)cc1CCNC(=O)C1CNC1. The molecule has 1 aromatic rings. The van der Waals surface area contributed by atoms with Crippen molar-refractivity contribution in [2.45, 2.75) is 13.3 Å². The number of hydrogen-bond donors (Lipinski definition) is 2. The van der Waals surface area contributed by atoms with E-state index in [9.17, 15) is 4.79 Å². The highest BCUT2D eigenvalue weighted by Gasteiger charge is 2.24. The monoisotopic (exact) mass is 296 g/mol. The Morgan fingerprint density at radius 1 is 1.53 bits per heavy atom. The number of aryl methyl sites for hydroxylation is 1. The second-order valence-corrected chi connectivity index (χ2v) is 5.38. The Morgan fingerprint density at radius 2 is 2.29 bits per heavy atom. The highest BCUT2D eigenvalue weighted by Crippen LogP contribution is 2.16. The summed E-state index contributed by atoms with van der Waals surface area (Å²) in [5, 5.41) is 6.09. The number of benzene rings is 1. The molecule has 0 aromatic heterocycles. The topological polar surface area (TPSA) is 41.1 Å². The Hall–Kier alpha value is -0.870. The van der Waals surface area contributed by atoms with Gasteiger partial charge in [-0.1, -0.05) is 22.0 Å². The van der Waals surface area contributed by atoms with E-state index in [0.717, 1.165) is 24.0 Å². The van der Waals surface area contributed by atoms with Gasteiger partial charge in [-0.05, 0) is 36.6 Å². The zero-order valence-corrected chi connectivity index (χ0v) is 11.5. The fourth-order valence-corrected chi connectivity index (χ4v) is 2.26. The van der Waals surface area contributed by atoms with Crippen LogP contribution in [0, 0.1) is 12.8 Å². The lowest BCUT2D eigenvalue weighted by atomic mass is 10.0. The second-order valence-electron chi connectivity index (χ2n) is 4.47. The van der Waals surface area contributed by atoms with Crippen LogP contribution >= 0.6 is 15.9 Å². The first-order chi connectivity index (χ1) is 8.16. The molecular weight excluding hydrogens is 280 g/mol. The predicted molar refractivity (Wildman–Crippen MR) is 72.0 cm³/mol. The van der Waals surface area contributed by atoms with Gasteiger partial charge in [0.2, 0.25) is 5.91 Å². The van der Waals surface area contributed by atoms with Crippen LogP contribution in [0.4, 0.5) is 0 Å². The van der Waals surface area contributed by atoms with Gasteiger partial charge >= 0.3 is 0 Å². The van der Waals surface area contributed by atoms with E-state index in [1.165, 1.54) is 11.1 Å². The van der Waals surface area contributed by atoms with E-state index in [0.29, 0.717) is 6.54 Å². The molecule has 0 unspecified atom stereocenters. The molecule has 1 saturated heterocycles. The number of amides is 1. The third-order valence-corrected chi connectivity index (χ3v) is 3.65. The normalized spacial score (nSPS) is 15.4.